The Morgan fingerprint density at radius 2 is 1.97 bits per heavy atom. The van der Waals surface area contributed by atoms with Gasteiger partial charge in [0.1, 0.15) is 17.7 Å². The van der Waals surface area contributed by atoms with Crippen LogP contribution >= 0.6 is 15.9 Å². The van der Waals surface area contributed by atoms with E-state index < -0.39 is 0 Å². The Morgan fingerprint density at radius 1 is 1.16 bits per heavy atom. The van der Waals surface area contributed by atoms with Crippen LogP contribution in [0.25, 0.3) is 16.7 Å². The number of carbonyl (C=O) groups excluding carboxylic acids is 1. The summed E-state index contributed by atoms with van der Waals surface area (Å²) in [5, 5.41) is 2.89. The lowest BCUT2D eigenvalue weighted by Gasteiger charge is -2.12. The lowest BCUT2D eigenvalue weighted by Crippen LogP contribution is -2.14. The zero-order valence-corrected chi connectivity index (χ0v) is 18.1. The second kappa shape index (κ2) is 7.77. The number of nitrogens with two attached hydrogens (primary N) is 1. The summed E-state index contributed by atoms with van der Waals surface area (Å²) in [5.41, 5.74) is 12.8. The highest BCUT2D eigenvalue weighted by molar-refractivity contribution is 9.10. The van der Waals surface area contributed by atoms with Crippen molar-refractivity contribution >= 4 is 44.4 Å². The number of hydrogen-bond acceptors (Lipinski definition) is 4. The van der Waals surface area contributed by atoms with E-state index in [1.54, 1.807) is 6.07 Å². The molecule has 1 amide bonds. The van der Waals surface area contributed by atoms with Gasteiger partial charge in [0.25, 0.3) is 0 Å². The van der Waals surface area contributed by atoms with Gasteiger partial charge in [-0.3, -0.25) is 4.79 Å². The summed E-state index contributed by atoms with van der Waals surface area (Å²) < 4.78 is 16.0. The van der Waals surface area contributed by atoms with E-state index >= 15 is 0 Å². The Morgan fingerprint density at radius 3 is 2.74 bits per heavy atom. The molecule has 4 aromatic rings. The molecule has 0 saturated heterocycles. The highest BCUT2D eigenvalue weighted by Crippen LogP contribution is 2.36. The van der Waals surface area contributed by atoms with Gasteiger partial charge in [0.05, 0.1) is 11.9 Å². The highest BCUT2D eigenvalue weighted by atomic mass is 79.9. The number of anilines is 2. The average Bonchev–Trinajstić information content (AvgIpc) is 3.33. The van der Waals surface area contributed by atoms with Crippen molar-refractivity contribution in [2.24, 2.45) is 0 Å². The molecule has 0 aliphatic heterocycles. The monoisotopic (exact) mass is 479 g/mol. The number of rotatable bonds is 4. The van der Waals surface area contributed by atoms with Crippen molar-refractivity contribution in [2.45, 2.75) is 25.7 Å². The van der Waals surface area contributed by atoms with Crippen molar-refractivity contribution < 1.29 is 9.18 Å². The van der Waals surface area contributed by atoms with Gasteiger partial charge in [0.15, 0.2) is 5.82 Å². The van der Waals surface area contributed by atoms with Crippen LogP contribution in [-0.2, 0) is 24.1 Å². The van der Waals surface area contributed by atoms with Crippen LogP contribution in [0.15, 0.2) is 53.3 Å². The third-order valence-electron chi connectivity index (χ3n) is 5.59. The zero-order chi connectivity index (χ0) is 21.5. The second-order valence-electron chi connectivity index (χ2n) is 7.58. The quantitative estimate of drug-likeness (QED) is 0.448. The third-order valence-corrected chi connectivity index (χ3v) is 6.33. The van der Waals surface area contributed by atoms with Crippen LogP contribution in [0.4, 0.5) is 15.9 Å². The number of aryl methyl sites for hydroxylation is 1. The molecule has 2 aromatic heterocycles. The molecule has 0 fully saturated rings. The molecule has 2 aromatic carbocycles. The Bertz CT molecular complexity index is 1320. The van der Waals surface area contributed by atoms with E-state index in [2.05, 4.69) is 35.8 Å². The maximum absolute atomic E-state index is 13.2. The van der Waals surface area contributed by atoms with E-state index in [1.165, 1.54) is 29.7 Å². The van der Waals surface area contributed by atoms with Crippen LogP contribution in [0.5, 0.6) is 0 Å². The van der Waals surface area contributed by atoms with Crippen molar-refractivity contribution in [3.8, 4) is 5.69 Å². The molecule has 1 aliphatic rings. The minimum atomic E-state index is -0.346. The number of nitrogen functional groups attached to an aromatic ring is 1. The average molecular weight is 480 g/mol. The number of nitrogens with one attached hydrogen (secondary N) is 1. The van der Waals surface area contributed by atoms with Crippen LogP contribution in [0.1, 0.15) is 23.2 Å². The first-order chi connectivity index (χ1) is 15.0. The lowest BCUT2D eigenvalue weighted by molar-refractivity contribution is -0.115. The van der Waals surface area contributed by atoms with E-state index in [9.17, 15) is 9.18 Å². The van der Waals surface area contributed by atoms with Crippen molar-refractivity contribution in [3.63, 3.8) is 0 Å². The molecule has 0 spiro atoms. The first kappa shape index (κ1) is 19.7. The summed E-state index contributed by atoms with van der Waals surface area (Å²) in [6, 6.07) is 11.9. The summed E-state index contributed by atoms with van der Waals surface area (Å²) in [6.45, 7) is 0. The van der Waals surface area contributed by atoms with Crippen LogP contribution in [0, 0.1) is 5.82 Å². The minimum Gasteiger partial charge on any atom is -0.382 e. The van der Waals surface area contributed by atoms with E-state index in [0.29, 0.717) is 16.0 Å². The lowest BCUT2D eigenvalue weighted by atomic mass is 10.1. The molecule has 2 heterocycles. The Balaban J connectivity index is 1.41. The van der Waals surface area contributed by atoms with E-state index in [0.717, 1.165) is 41.5 Å². The normalized spacial score (nSPS) is 12.8. The number of benzene rings is 2. The maximum atomic E-state index is 13.2. The summed E-state index contributed by atoms with van der Waals surface area (Å²) >= 11 is 3.30. The van der Waals surface area contributed by atoms with Gasteiger partial charge in [0.2, 0.25) is 5.91 Å². The van der Waals surface area contributed by atoms with Crippen LogP contribution in [0.3, 0.4) is 0 Å². The van der Waals surface area contributed by atoms with Gasteiger partial charge in [0, 0.05) is 21.5 Å². The molecule has 5 rings (SSSR count). The van der Waals surface area contributed by atoms with Crippen LogP contribution in [-0.4, -0.2) is 20.4 Å². The molecule has 0 radical (unpaired) electrons. The number of aromatic nitrogens is 3. The van der Waals surface area contributed by atoms with Gasteiger partial charge in [-0.2, -0.15) is 0 Å². The summed E-state index contributed by atoms with van der Waals surface area (Å²) in [4.78, 5) is 21.1. The largest absolute Gasteiger partial charge is 0.382 e. The number of hydrogen-bond donors (Lipinski definition) is 2. The fourth-order valence-corrected chi connectivity index (χ4v) is 4.71. The smallest absolute Gasteiger partial charge is 0.228 e. The molecule has 8 heteroatoms. The molecule has 0 atom stereocenters. The third kappa shape index (κ3) is 3.57. The molecule has 156 valence electrons. The predicted molar refractivity (Wildman–Crippen MR) is 122 cm³/mol. The minimum absolute atomic E-state index is 0.145. The molecular weight excluding hydrogens is 461 g/mol. The van der Waals surface area contributed by atoms with Crippen molar-refractivity contribution in [1.82, 2.24) is 14.5 Å². The van der Waals surface area contributed by atoms with E-state index in [-0.39, 0.29) is 18.1 Å². The van der Waals surface area contributed by atoms with E-state index in [1.807, 2.05) is 24.3 Å². The fraction of sp³-hybridized carbons (Fsp3) is 0.174. The van der Waals surface area contributed by atoms with Crippen molar-refractivity contribution in [2.75, 3.05) is 11.1 Å². The first-order valence-corrected chi connectivity index (χ1v) is 10.8. The number of fused-ring (bicyclic) bond motifs is 3. The summed E-state index contributed by atoms with van der Waals surface area (Å²) in [5.74, 6) is -0.0617. The van der Waals surface area contributed by atoms with Crippen LogP contribution in [0.2, 0.25) is 0 Å². The standard InChI is InChI=1S/C23H19BrFN5O/c24-18-11-14(25)5-4-13(18)10-20(31)29-15-6-8-16(9-7-15)30-19-3-1-2-17(19)21-22(30)23(26)28-12-27-21/h4-9,11-12H,1-3,10H2,(H,29,31)(H2,26,27,28). The second-order valence-corrected chi connectivity index (χ2v) is 8.43. The van der Waals surface area contributed by atoms with Crippen LogP contribution < -0.4 is 11.1 Å². The molecule has 6 nitrogen and oxygen atoms in total. The van der Waals surface area contributed by atoms with Gasteiger partial charge >= 0.3 is 0 Å². The van der Waals surface area contributed by atoms with Gasteiger partial charge in [-0.15, -0.1) is 0 Å². The van der Waals surface area contributed by atoms with Gasteiger partial charge in [-0.05, 0) is 66.8 Å². The maximum Gasteiger partial charge on any atom is 0.228 e. The zero-order valence-electron chi connectivity index (χ0n) is 16.5. The topological polar surface area (TPSA) is 85.8 Å². The SMILES string of the molecule is Nc1ncnc2c3c(n(-c4ccc(NC(=O)Cc5ccc(F)cc5Br)cc4)c12)CCC3. The molecule has 3 N–H and O–H groups in total. The Hall–Kier alpha value is -3.26. The molecule has 0 bridgehead atoms. The van der Waals surface area contributed by atoms with Gasteiger partial charge < -0.3 is 15.6 Å². The predicted octanol–water partition coefficient (Wildman–Crippen LogP) is 4.57. The number of amides is 1. The number of carbonyl (C=O) groups is 1. The first-order valence-electron chi connectivity index (χ1n) is 9.98. The highest BCUT2D eigenvalue weighted by Gasteiger charge is 2.25. The van der Waals surface area contributed by atoms with Crippen molar-refractivity contribution in [1.29, 1.82) is 0 Å². The summed E-state index contributed by atoms with van der Waals surface area (Å²) in [7, 11) is 0. The molecule has 0 unspecified atom stereocenters. The molecule has 0 saturated carbocycles. The van der Waals surface area contributed by atoms with Gasteiger partial charge in [-0.1, -0.05) is 22.0 Å². The van der Waals surface area contributed by atoms with E-state index in [4.69, 9.17) is 5.73 Å². The summed E-state index contributed by atoms with van der Waals surface area (Å²) in [6.07, 6.45) is 4.71. The molecule has 1 aliphatic carbocycles. The van der Waals surface area contributed by atoms with Gasteiger partial charge in [-0.25, -0.2) is 14.4 Å². The number of halogens is 2. The molecular formula is C23H19BrFN5O. The molecule has 31 heavy (non-hydrogen) atoms. The Kier molecular flexibility index (Phi) is 4.94. The van der Waals surface area contributed by atoms with Crippen molar-refractivity contribution in [3.05, 3.63) is 75.9 Å². The Labute approximate surface area is 186 Å². The number of nitrogens with zero attached hydrogens (tertiary/aromatic N) is 3. The fourth-order valence-electron chi connectivity index (χ4n) is 4.22.